The van der Waals surface area contributed by atoms with E-state index in [9.17, 15) is 0 Å². The van der Waals surface area contributed by atoms with Crippen LogP contribution in [0.15, 0.2) is 12.3 Å². The van der Waals surface area contributed by atoms with Gasteiger partial charge in [-0.1, -0.05) is 0 Å². The number of imidazole rings is 1. The number of aromatic nitrogens is 3. The van der Waals surface area contributed by atoms with E-state index >= 15 is 0 Å². The van der Waals surface area contributed by atoms with Crippen molar-refractivity contribution in [3.8, 4) is 0 Å². The number of rotatable bonds is 3. The summed E-state index contributed by atoms with van der Waals surface area (Å²) in [5.41, 5.74) is 2.85. The molecule has 2 rings (SSSR count). The van der Waals surface area contributed by atoms with Gasteiger partial charge in [-0.25, -0.2) is 9.97 Å². The molecule has 0 fully saturated rings. The summed E-state index contributed by atoms with van der Waals surface area (Å²) in [6, 6.07) is 2.04. The zero-order chi connectivity index (χ0) is 10.8. The first-order chi connectivity index (χ1) is 7.15. The summed E-state index contributed by atoms with van der Waals surface area (Å²) in [5.74, 6) is 0.830. The van der Waals surface area contributed by atoms with Crippen molar-refractivity contribution in [3.05, 3.63) is 23.7 Å². The highest BCUT2D eigenvalue weighted by Gasteiger charge is 2.04. The largest absolute Gasteiger partial charge is 0.371 e. The fraction of sp³-hybridized carbons (Fsp3) is 0.455. The van der Waals surface area contributed by atoms with Crippen molar-refractivity contribution in [2.24, 2.45) is 0 Å². The van der Waals surface area contributed by atoms with Crippen molar-refractivity contribution >= 4 is 11.2 Å². The molecule has 15 heavy (non-hydrogen) atoms. The molecule has 0 atom stereocenters. The molecule has 2 aromatic heterocycles. The van der Waals surface area contributed by atoms with Crippen molar-refractivity contribution in [2.75, 3.05) is 0 Å². The number of pyridine rings is 1. The molecule has 0 saturated heterocycles. The molecule has 0 aliphatic heterocycles. The minimum absolute atomic E-state index is 0.216. The third-order valence-corrected chi connectivity index (χ3v) is 2.08. The summed E-state index contributed by atoms with van der Waals surface area (Å²) in [6.07, 6.45) is 2.03. The molecule has 0 aliphatic rings. The molecule has 0 aromatic carbocycles. The quantitative estimate of drug-likeness (QED) is 0.835. The molecule has 2 aromatic rings. The highest BCUT2D eigenvalue weighted by molar-refractivity contribution is 5.70. The van der Waals surface area contributed by atoms with Crippen LogP contribution >= 0.6 is 0 Å². The summed E-state index contributed by atoms with van der Waals surface area (Å²) in [5, 5.41) is 0. The second-order valence-corrected chi connectivity index (χ2v) is 3.93. The Morgan fingerprint density at radius 1 is 1.47 bits per heavy atom. The van der Waals surface area contributed by atoms with Crippen molar-refractivity contribution < 1.29 is 4.74 Å². The van der Waals surface area contributed by atoms with Crippen LogP contribution < -0.4 is 0 Å². The van der Waals surface area contributed by atoms with Crippen molar-refractivity contribution in [1.29, 1.82) is 0 Å². The first-order valence-electron chi connectivity index (χ1n) is 5.08. The summed E-state index contributed by atoms with van der Waals surface area (Å²) in [4.78, 5) is 11.8. The van der Waals surface area contributed by atoms with Gasteiger partial charge in [-0.2, -0.15) is 0 Å². The minimum atomic E-state index is 0.216. The molecule has 0 unspecified atom stereocenters. The lowest BCUT2D eigenvalue weighted by atomic mass is 10.3. The molecule has 0 amide bonds. The monoisotopic (exact) mass is 205 g/mol. The number of fused-ring (bicyclic) bond motifs is 1. The highest BCUT2D eigenvalue weighted by atomic mass is 16.5. The fourth-order valence-electron chi connectivity index (χ4n) is 1.37. The van der Waals surface area contributed by atoms with Crippen molar-refractivity contribution in [2.45, 2.75) is 33.5 Å². The molecule has 0 spiro atoms. The van der Waals surface area contributed by atoms with Gasteiger partial charge < -0.3 is 9.72 Å². The Hall–Kier alpha value is -1.42. The fourth-order valence-corrected chi connectivity index (χ4v) is 1.37. The summed E-state index contributed by atoms with van der Waals surface area (Å²) in [7, 11) is 0. The average Bonchev–Trinajstić information content (AvgIpc) is 2.56. The van der Waals surface area contributed by atoms with Crippen LogP contribution in [-0.4, -0.2) is 21.1 Å². The number of aryl methyl sites for hydroxylation is 1. The van der Waals surface area contributed by atoms with E-state index in [0.717, 1.165) is 22.6 Å². The number of aromatic amines is 1. The lowest BCUT2D eigenvalue weighted by molar-refractivity contribution is 0.0618. The van der Waals surface area contributed by atoms with E-state index in [1.54, 1.807) is 0 Å². The van der Waals surface area contributed by atoms with E-state index in [1.165, 1.54) is 0 Å². The number of H-pyrrole nitrogens is 1. The average molecular weight is 205 g/mol. The second kappa shape index (κ2) is 3.98. The van der Waals surface area contributed by atoms with E-state index in [2.05, 4.69) is 15.0 Å². The predicted molar refractivity (Wildman–Crippen MR) is 58.6 cm³/mol. The van der Waals surface area contributed by atoms with Gasteiger partial charge in [0.25, 0.3) is 0 Å². The zero-order valence-corrected chi connectivity index (χ0v) is 9.24. The van der Waals surface area contributed by atoms with Crippen LogP contribution in [0.1, 0.15) is 25.2 Å². The third kappa shape index (κ3) is 2.33. The van der Waals surface area contributed by atoms with Gasteiger partial charge in [0.1, 0.15) is 12.4 Å². The normalized spacial score (nSPS) is 11.5. The molecule has 4 heteroatoms. The first-order valence-corrected chi connectivity index (χ1v) is 5.08. The molecule has 4 nitrogen and oxygen atoms in total. The topological polar surface area (TPSA) is 50.8 Å². The minimum Gasteiger partial charge on any atom is -0.371 e. The maximum Gasteiger partial charge on any atom is 0.177 e. The van der Waals surface area contributed by atoms with E-state index in [0.29, 0.717) is 6.61 Å². The van der Waals surface area contributed by atoms with Gasteiger partial charge in [0.05, 0.1) is 11.6 Å². The van der Waals surface area contributed by atoms with Crippen molar-refractivity contribution in [1.82, 2.24) is 15.0 Å². The van der Waals surface area contributed by atoms with Crippen LogP contribution in [0.4, 0.5) is 0 Å². The number of hydrogen-bond donors (Lipinski definition) is 1. The van der Waals surface area contributed by atoms with Crippen LogP contribution in [0.5, 0.6) is 0 Å². The highest BCUT2D eigenvalue weighted by Crippen LogP contribution is 2.11. The van der Waals surface area contributed by atoms with Crippen LogP contribution in [0, 0.1) is 6.92 Å². The number of nitrogens with zero attached hydrogens (tertiary/aromatic N) is 2. The van der Waals surface area contributed by atoms with Gasteiger partial charge >= 0.3 is 0 Å². The van der Waals surface area contributed by atoms with E-state index in [-0.39, 0.29) is 6.10 Å². The Morgan fingerprint density at radius 2 is 2.27 bits per heavy atom. The zero-order valence-electron chi connectivity index (χ0n) is 9.24. The van der Waals surface area contributed by atoms with E-state index in [1.807, 2.05) is 33.0 Å². The number of nitrogens with one attached hydrogen (secondary N) is 1. The Bertz CT molecular complexity index is 462. The molecule has 80 valence electrons. The molecular weight excluding hydrogens is 190 g/mol. The molecule has 0 bridgehead atoms. The lowest BCUT2D eigenvalue weighted by Gasteiger charge is -2.03. The lowest BCUT2D eigenvalue weighted by Crippen LogP contribution is -2.03. The number of ether oxygens (including phenoxy) is 1. The molecule has 0 saturated carbocycles. The summed E-state index contributed by atoms with van der Waals surface area (Å²) in [6.45, 7) is 6.53. The Labute approximate surface area is 88.7 Å². The SMILES string of the molecule is Cc1cnc2nc(COC(C)C)[nH]c2c1. The van der Waals surface area contributed by atoms with Gasteiger partial charge in [-0.3, -0.25) is 0 Å². The van der Waals surface area contributed by atoms with Crippen molar-refractivity contribution in [3.63, 3.8) is 0 Å². The molecule has 0 radical (unpaired) electrons. The van der Waals surface area contributed by atoms with Crippen LogP contribution in [0.2, 0.25) is 0 Å². The molecule has 0 aliphatic carbocycles. The molecule has 2 heterocycles. The summed E-state index contributed by atoms with van der Waals surface area (Å²) < 4.78 is 5.47. The van der Waals surface area contributed by atoms with Gasteiger partial charge in [-0.15, -0.1) is 0 Å². The standard InChI is InChI=1S/C11H15N3O/c1-7(2)15-6-10-13-9-4-8(3)5-12-11(9)14-10/h4-5,7H,6H2,1-3H3,(H,12,13,14). The van der Waals surface area contributed by atoms with Crippen LogP contribution in [0.3, 0.4) is 0 Å². The van der Waals surface area contributed by atoms with Crippen LogP contribution in [0.25, 0.3) is 11.2 Å². The van der Waals surface area contributed by atoms with Gasteiger partial charge in [0, 0.05) is 6.20 Å². The maximum absolute atomic E-state index is 5.47. The van der Waals surface area contributed by atoms with E-state index in [4.69, 9.17) is 4.74 Å². The van der Waals surface area contributed by atoms with Gasteiger partial charge in [0.15, 0.2) is 5.65 Å². The Kier molecular flexibility index (Phi) is 2.68. The third-order valence-electron chi connectivity index (χ3n) is 2.08. The van der Waals surface area contributed by atoms with Gasteiger partial charge in [-0.05, 0) is 32.4 Å². The molecule has 1 N–H and O–H groups in total. The van der Waals surface area contributed by atoms with Gasteiger partial charge in [0.2, 0.25) is 0 Å². The first kappa shape index (κ1) is 10.1. The van der Waals surface area contributed by atoms with Crippen LogP contribution in [-0.2, 0) is 11.3 Å². The second-order valence-electron chi connectivity index (χ2n) is 3.93. The predicted octanol–water partition coefficient (Wildman–Crippen LogP) is 2.19. The Balaban J connectivity index is 2.23. The van der Waals surface area contributed by atoms with E-state index < -0.39 is 0 Å². The maximum atomic E-state index is 5.47. The molecular formula is C11H15N3O. The number of hydrogen-bond acceptors (Lipinski definition) is 3. The summed E-state index contributed by atoms with van der Waals surface area (Å²) >= 11 is 0. The Morgan fingerprint density at radius 3 is 3.00 bits per heavy atom. The smallest absolute Gasteiger partial charge is 0.177 e.